The maximum atomic E-state index is 9.28. The van der Waals surface area contributed by atoms with Crippen molar-refractivity contribution in [2.24, 2.45) is 0 Å². The van der Waals surface area contributed by atoms with Crippen molar-refractivity contribution < 1.29 is 10.2 Å². The molecule has 0 saturated heterocycles. The van der Waals surface area contributed by atoms with Crippen LogP contribution >= 0.6 is 12.2 Å². The Morgan fingerprint density at radius 3 is 2.68 bits per heavy atom. The molecule has 0 aliphatic rings. The van der Waals surface area contributed by atoms with Gasteiger partial charge in [-0.05, 0) is 42.6 Å². The lowest BCUT2D eigenvalue weighted by Gasteiger charge is -2.03. The number of aliphatic hydroxyl groups excluding tert-OH is 1. The Labute approximate surface area is 115 Å². The number of phenols is 1. The van der Waals surface area contributed by atoms with Crippen LogP contribution in [0.5, 0.6) is 5.75 Å². The number of aromatic hydroxyl groups is 1. The van der Waals surface area contributed by atoms with Crippen LogP contribution in [0.25, 0.3) is 11.4 Å². The third-order valence-electron chi connectivity index (χ3n) is 2.51. The van der Waals surface area contributed by atoms with Gasteiger partial charge in [-0.15, -0.1) is 0 Å². The summed E-state index contributed by atoms with van der Waals surface area (Å²) in [6.45, 7) is 0.538. The van der Waals surface area contributed by atoms with Crippen LogP contribution in [0, 0.1) is 4.77 Å². The van der Waals surface area contributed by atoms with Crippen molar-refractivity contribution in [2.45, 2.75) is 6.54 Å². The second kappa shape index (κ2) is 6.01. The third kappa shape index (κ3) is 3.11. The Morgan fingerprint density at radius 2 is 2.00 bits per heavy atom. The first kappa shape index (κ1) is 13.1. The first-order chi connectivity index (χ1) is 9.22. The number of hydrogen-bond donors (Lipinski definition) is 3. The Morgan fingerprint density at radius 1 is 1.26 bits per heavy atom. The first-order valence-corrected chi connectivity index (χ1v) is 6.03. The predicted octanol–water partition coefficient (Wildman–Crippen LogP) is 2.94. The molecule has 19 heavy (non-hydrogen) atoms. The highest BCUT2D eigenvalue weighted by Gasteiger charge is 2.07. The molecule has 0 amide bonds. The summed E-state index contributed by atoms with van der Waals surface area (Å²) in [5.74, 6) is 0.903. The molecule has 1 aromatic heterocycles. The van der Waals surface area contributed by atoms with Gasteiger partial charge in [0, 0.05) is 12.1 Å². The number of aliphatic hydroxyl groups is 1. The molecule has 1 aromatic carbocycles. The van der Waals surface area contributed by atoms with E-state index in [1.54, 1.807) is 30.3 Å². The smallest absolute Gasteiger partial charge is 0.195 e. The highest BCUT2D eigenvalue weighted by atomic mass is 32.1. The summed E-state index contributed by atoms with van der Waals surface area (Å²) < 4.78 is 2.34. The van der Waals surface area contributed by atoms with Crippen molar-refractivity contribution in [1.29, 1.82) is 0 Å². The van der Waals surface area contributed by atoms with Crippen LogP contribution in [-0.4, -0.2) is 25.0 Å². The van der Waals surface area contributed by atoms with Crippen LogP contribution in [0.15, 0.2) is 48.8 Å². The van der Waals surface area contributed by atoms with Crippen molar-refractivity contribution in [1.82, 2.24) is 14.8 Å². The van der Waals surface area contributed by atoms with Crippen LogP contribution < -0.4 is 0 Å². The molecule has 2 rings (SSSR count). The SMILES string of the molecule is O/C=C\C=C\Cn1c(-c2ccc(O)cc2)n[nH]c1=S. The summed E-state index contributed by atoms with van der Waals surface area (Å²) in [6, 6.07) is 6.74. The minimum absolute atomic E-state index is 0.206. The van der Waals surface area contributed by atoms with E-state index < -0.39 is 0 Å². The van der Waals surface area contributed by atoms with Gasteiger partial charge in [0.15, 0.2) is 10.6 Å². The number of benzene rings is 1. The molecule has 0 unspecified atom stereocenters. The van der Waals surface area contributed by atoms with Gasteiger partial charge in [0.05, 0.1) is 6.26 Å². The molecule has 0 bridgehead atoms. The summed E-state index contributed by atoms with van der Waals surface area (Å²) in [7, 11) is 0. The Kier molecular flexibility index (Phi) is 4.15. The monoisotopic (exact) mass is 275 g/mol. The molecule has 6 heteroatoms. The maximum absolute atomic E-state index is 9.28. The van der Waals surface area contributed by atoms with Crippen LogP contribution in [0.2, 0.25) is 0 Å². The van der Waals surface area contributed by atoms with Crippen molar-refractivity contribution in [3.63, 3.8) is 0 Å². The first-order valence-electron chi connectivity index (χ1n) is 5.63. The fourth-order valence-electron chi connectivity index (χ4n) is 1.61. The Hall–Kier alpha value is -2.34. The van der Waals surface area contributed by atoms with E-state index in [0.29, 0.717) is 17.1 Å². The van der Waals surface area contributed by atoms with E-state index in [0.717, 1.165) is 11.8 Å². The Balaban J connectivity index is 2.32. The molecule has 2 aromatic rings. The topological polar surface area (TPSA) is 74.1 Å². The van der Waals surface area contributed by atoms with E-state index in [1.165, 1.54) is 6.08 Å². The number of aromatic amines is 1. The number of rotatable bonds is 4. The highest BCUT2D eigenvalue weighted by Crippen LogP contribution is 2.20. The van der Waals surface area contributed by atoms with Gasteiger partial charge >= 0.3 is 0 Å². The summed E-state index contributed by atoms with van der Waals surface area (Å²) in [5.41, 5.74) is 0.858. The van der Waals surface area contributed by atoms with Gasteiger partial charge in [-0.2, -0.15) is 5.10 Å². The van der Waals surface area contributed by atoms with Crippen molar-refractivity contribution >= 4 is 12.2 Å². The summed E-state index contributed by atoms with van der Waals surface area (Å²) in [5, 5.41) is 24.7. The average Bonchev–Trinajstić information content (AvgIpc) is 2.77. The Bertz CT molecular complexity index is 653. The average molecular weight is 275 g/mol. The van der Waals surface area contributed by atoms with E-state index in [-0.39, 0.29) is 5.75 Å². The van der Waals surface area contributed by atoms with Crippen LogP contribution in [0.1, 0.15) is 0 Å². The number of allylic oxidation sites excluding steroid dienone is 3. The van der Waals surface area contributed by atoms with Gasteiger partial charge in [-0.25, -0.2) is 0 Å². The van der Waals surface area contributed by atoms with Gasteiger partial charge < -0.3 is 10.2 Å². The fourth-order valence-corrected chi connectivity index (χ4v) is 1.82. The minimum Gasteiger partial charge on any atom is -0.516 e. The molecule has 0 saturated carbocycles. The van der Waals surface area contributed by atoms with Crippen LogP contribution in [0.4, 0.5) is 0 Å². The second-order valence-corrected chi connectivity index (χ2v) is 4.17. The molecule has 0 atom stereocenters. The zero-order valence-electron chi connectivity index (χ0n) is 10.0. The van der Waals surface area contributed by atoms with Gasteiger partial charge in [-0.1, -0.05) is 12.2 Å². The molecule has 0 fully saturated rings. The third-order valence-corrected chi connectivity index (χ3v) is 2.82. The van der Waals surface area contributed by atoms with E-state index in [9.17, 15) is 5.11 Å². The molecule has 98 valence electrons. The van der Waals surface area contributed by atoms with Gasteiger partial charge in [0.2, 0.25) is 0 Å². The molecular weight excluding hydrogens is 262 g/mol. The number of nitrogens with one attached hydrogen (secondary N) is 1. The van der Waals surface area contributed by atoms with Gasteiger partial charge in [0.25, 0.3) is 0 Å². The van der Waals surface area contributed by atoms with Gasteiger partial charge in [-0.3, -0.25) is 9.67 Å². The fraction of sp³-hybridized carbons (Fsp3) is 0.0769. The summed E-state index contributed by atoms with van der Waals surface area (Å²) in [6.07, 6.45) is 6.05. The number of phenolic OH excluding ortho intramolecular Hbond substituents is 1. The van der Waals surface area contributed by atoms with E-state index >= 15 is 0 Å². The van der Waals surface area contributed by atoms with Crippen molar-refractivity contribution in [3.8, 4) is 17.1 Å². The summed E-state index contributed by atoms with van der Waals surface area (Å²) >= 11 is 5.17. The normalized spacial score (nSPS) is 11.6. The molecule has 0 radical (unpaired) electrons. The molecule has 5 nitrogen and oxygen atoms in total. The molecule has 0 aliphatic heterocycles. The number of nitrogens with zero attached hydrogens (tertiary/aromatic N) is 2. The highest BCUT2D eigenvalue weighted by molar-refractivity contribution is 7.71. The van der Waals surface area contributed by atoms with Crippen molar-refractivity contribution in [2.75, 3.05) is 0 Å². The molecular formula is C13H13N3O2S. The quantitative estimate of drug-likeness (QED) is 0.455. The molecule has 1 heterocycles. The lowest BCUT2D eigenvalue weighted by Crippen LogP contribution is -1.98. The lowest BCUT2D eigenvalue weighted by molar-refractivity contribution is 0.473. The summed E-state index contributed by atoms with van der Waals surface area (Å²) in [4.78, 5) is 0. The zero-order chi connectivity index (χ0) is 13.7. The predicted molar refractivity (Wildman–Crippen MR) is 75.4 cm³/mol. The van der Waals surface area contributed by atoms with Crippen LogP contribution in [0.3, 0.4) is 0 Å². The van der Waals surface area contributed by atoms with E-state index in [1.807, 2.05) is 10.6 Å². The number of hydrogen-bond acceptors (Lipinski definition) is 4. The zero-order valence-corrected chi connectivity index (χ0v) is 10.8. The minimum atomic E-state index is 0.206. The van der Waals surface area contributed by atoms with E-state index in [2.05, 4.69) is 10.2 Å². The largest absolute Gasteiger partial charge is 0.516 e. The number of H-pyrrole nitrogens is 1. The van der Waals surface area contributed by atoms with Crippen LogP contribution in [-0.2, 0) is 6.54 Å². The van der Waals surface area contributed by atoms with Gasteiger partial charge in [0.1, 0.15) is 5.75 Å². The molecule has 3 N–H and O–H groups in total. The van der Waals surface area contributed by atoms with Crippen molar-refractivity contribution in [3.05, 3.63) is 53.5 Å². The maximum Gasteiger partial charge on any atom is 0.195 e. The molecule has 0 spiro atoms. The van der Waals surface area contributed by atoms with E-state index in [4.69, 9.17) is 17.3 Å². The standard InChI is InChI=1S/C13H13N3O2S/c17-9-3-1-2-8-16-12(14-15-13(16)19)10-4-6-11(18)7-5-10/h1-7,9,17-18H,8H2,(H,15,19)/b2-1+,9-3-. The molecule has 0 aliphatic carbocycles. The number of aromatic nitrogens is 3. The second-order valence-electron chi connectivity index (χ2n) is 3.78. The lowest BCUT2D eigenvalue weighted by atomic mass is 10.2.